The summed E-state index contributed by atoms with van der Waals surface area (Å²) < 4.78 is 10.9. The molecule has 2 atom stereocenters. The van der Waals surface area contributed by atoms with Crippen LogP contribution >= 0.6 is 0 Å². The lowest BCUT2D eigenvalue weighted by Crippen LogP contribution is -2.46. The highest BCUT2D eigenvalue weighted by Gasteiger charge is 2.26. The number of piperidine rings is 1. The monoisotopic (exact) mass is 306 g/mol. The van der Waals surface area contributed by atoms with Gasteiger partial charge in [-0.05, 0) is 50.3 Å². The highest BCUT2D eigenvalue weighted by atomic mass is 16.5. The predicted octanol–water partition coefficient (Wildman–Crippen LogP) is 1.97. The van der Waals surface area contributed by atoms with Crippen LogP contribution in [0.15, 0.2) is 18.2 Å². The van der Waals surface area contributed by atoms with Crippen molar-refractivity contribution in [3.63, 3.8) is 0 Å². The van der Waals surface area contributed by atoms with Gasteiger partial charge in [0.1, 0.15) is 0 Å². The molecule has 1 aliphatic heterocycles. The van der Waals surface area contributed by atoms with Crippen LogP contribution in [0.1, 0.15) is 25.3 Å². The smallest absolute Gasteiger partial charge is 0.260 e. The van der Waals surface area contributed by atoms with E-state index in [-0.39, 0.29) is 18.6 Å². The minimum absolute atomic E-state index is 0.00739. The fourth-order valence-corrected chi connectivity index (χ4v) is 2.79. The minimum Gasteiger partial charge on any atom is -0.493 e. The number of methoxy groups -OCH3 is 1. The van der Waals surface area contributed by atoms with Gasteiger partial charge in [-0.1, -0.05) is 6.07 Å². The molecule has 0 aromatic heterocycles. The van der Waals surface area contributed by atoms with Gasteiger partial charge in [0.2, 0.25) is 0 Å². The number of hydrogen-bond donors (Lipinski definition) is 1. The topological polar surface area (TPSA) is 64.8 Å². The van der Waals surface area contributed by atoms with E-state index in [1.165, 1.54) is 0 Å². The molecule has 1 saturated heterocycles. The van der Waals surface area contributed by atoms with E-state index in [1.807, 2.05) is 36.9 Å². The normalized spacial score (nSPS) is 19.6. The van der Waals surface area contributed by atoms with Crippen LogP contribution in [0.2, 0.25) is 0 Å². The van der Waals surface area contributed by atoms with Gasteiger partial charge in [-0.25, -0.2) is 0 Å². The van der Waals surface area contributed by atoms with Crippen molar-refractivity contribution in [2.75, 3.05) is 26.8 Å². The summed E-state index contributed by atoms with van der Waals surface area (Å²) >= 11 is 0. The van der Waals surface area contributed by atoms with Crippen molar-refractivity contribution in [2.45, 2.75) is 32.7 Å². The van der Waals surface area contributed by atoms with Crippen molar-refractivity contribution in [1.82, 2.24) is 4.90 Å². The molecule has 122 valence electrons. The van der Waals surface area contributed by atoms with E-state index >= 15 is 0 Å². The number of amides is 1. The molecule has 5 nitrogen and oxygen atoms in total. The van der Waals surface area contributed by atoms with Crippen molar-refractivity contribution >= 4 is 5.91 Å². The molecule has 1 aromatic carbocycles. The summed E-state index contributed by atoms with van der Waals surface area (Å²) in [5, 5.41) is 0. The molecule has 22 heavy (non-hydrogen) atoms. The van der Waals surface area contributed by atoms with E-state index in [9.17, 15) is 4.79 Å². The quantitative estimate of drug-likeness (QED) is 0.903. The molecule has 0 radical (unpaired) electrons. The summed E-state index contributed by atoms with van der Waals surface area (Å²) in [6.07, 6.45) is 2.10. The van der Waals surface area contributed by atoms with Gasteiger partial charge in [0.25, 0.3) is 5.91 Å². The van der Waals surface area contributed by atoms with Crippen LogP contribution in [0.5, 0.6) is 11.5 Å². The SMILES string of the molecule is COc1cc(C)ccc1OCC(=O)N1CCCC(C(C)N)C1. The van der Waals surface area contributed by atoms with Crippen molar-refractivity contribution in [1.29, 1.82) is 0 Å². The molecule has 1 aromatic rings. The summed E-state index contributed by atoms with van der Waals surface area (Å²) in [7, 11) is 1.60. The number of carbonyl (C=O) groups is 1. The van der Waals surface area contributed by atoms with Gasteiger partial charge in [-0.3, -0.25) is 4.79 Å². The van der Waals surface area contributed by atoms with Crippen LogP contribution < -0.4 is 15.2 Å². The number of likely N-dealkylation sites (tertiary alicyclic amines) is 1. The lowest BCUT2D eigenvalue weighted by molar-refractivity contribution is -0.135. The number of hydrogen-bond acceptors (Lipinski definition) is 4. The van der Waals surface area contributed by atoms with Crippen LogP contribution in [-0.4, -0.2) is 43.7 Å². The zero-order valence-electron chi connectivity index (χ0n) is 13.7. The largest absolute Gasteiger partial charge is 0.493 e. The van der Waals surface area contributed by atoms with Gasteiger partial charge in [-0.15, -0.1) is 0 Å². The number of rotatable bonds is 5. The average molecular weight is 306 g/mol. The second kappa shape index (κ2) is 7.49. The highest BCUT2D eigenvalue weighted by molar-refractivity contribution is 5.78. The Morgan fingerprint density at radius 3 is 2.91 bits per heavy atom. The zero-order chi connectivity index (χ0) is 16.1. The molecule has 0 spiro atoms. The molecule has 0 saturated carbocycles. The first-order valence-corrected chi connectivity index (χ1v) is 7.82. The van der Waals surface area contributed by atoms with Crippen molar-refractivity contribution < 1.29 is 14.3 Å². The molecule has 0 aliphatic carbocycles. The molecule has 1 heterocycles. The number of nitrogens with two attached hydrogens (primary N) is 1. The van der Waals surface area contributed by atoms with E-state index in [0.29, 0.717) is 17.4 Å². The molecular weight excluding hydrogens is 280 g/mol. The molecule has 1 amide bonds. The fraction of sp³-hybridized carbons (Fsp3) is 0.588. The second-order valence-corrected chi connectivity index (χ2v) is 6.04. The van der Waals surface area contributed by atoms with E-state index in [1.54, 1.807) is 7.11 Å². The molecule has 2 rings (SSSR count). The number of benzene rings is 1. The molecule has 1 aliphatic rings. The Bertz CT molecular complexity index is 517. The van der Waals surface area contributed by atoms with Crippen LogP contribution in [0, 0.1) is 12.8 Å². The van der Waals surface area contributed by atoms with Crippen molar-refractivity contribution in [2.24, 2.45) is 11.7 Å². The summed E-state index contributed by atoms with van der Waals surface area (Å²) in [6.45, 7) is 5.54. The highest BCUT2D eigenvalue weighted by Crippen LogP contribution is 2.28. The standard InChI is InChI=1S/C17H26N2O3/c1-12-6-7-15(16(9-12)21-3)22-11-17(20)19-8-4-5-14(10-19)13(2)18/h6-7,9,13-14H,4-5,8,10-11,18H2,1-3H3. The maximum atomic E-state index is 12.3. The molecule has 0 bridgehead atoms. The van der Waals surface area contributed by atoms with Gasteiger partial charge in [0.05, 0.1) is 7.11 Å². The van der Waals surface area contributed by atoms with E-state index in [4.69, 9.17) is 15.2 Å². The van der Waals surface area contributed by atoms with Crippen LogP contribution in [0.25, 0.3) is 0 Å². The van der Waals surface area contributed by atoms with E-state index in [0.717, 1.165) is 31.5 Å². The Morgan fingerprint density at radius 2 is 2.23 bits per heavy atom. The van der Waals surface area contributed by atoms with E-state index < -0.39 is 0 Å². The third-order valence-corrected chi connectivity index (χ3v) is 4.22. The number of ether oxygens (including phenoxy) is 2. The Balaban J connectivity index is 1.92. The van der Waals surface area contributed by atoms with Crippen LogP contribution in [-0.2, 0) is 4.79 Å². The first-order chi connectivity index (χ1) is 10.5. The molecule has 1 fully saturated rings. The Hall–Kier alpha value is -1.75. The first kappa shape index (κ1) is 16.6. The third-order valence-electron chi connectivity index (χ3n) is 4.22. The predicted molar refractivity (Wildman–Crippen MR) is 86.2 cm³/mol. The van der Waals surface area contributed by atoms with Crippen LogP contribution in [0.3, 0.4) is 0 Å². The summed E-state index contributed by atoms with van der Waals surface area (Å²) in [4.78, 5) is 14.2. The summed E-state index contributed by atoms with van der Waals surface area (Å²) in [5.74, 6) is 1.64. The van der Waals surface area contributed by atoms with E-state index in [2.05, 4.69) is 0 Å². The number of nitrogens with zero attached hydrogens (tertiary/aromatic N) is 1. The maximum Gasteiger partial charge on any atom is 0.260 e. The Kier molecular flexibility index (Phi) is 5.66. The molecule has 2 unspecified atom stereocenters. The molecular formula is C17H26N2O3. The minimum atomic E-state index is 0.00739. The van der Waals surface area contributed by atoms with Crippen LogP contribution in [0.4, 0.5) is 0 Å². The zero-order valence-corrected chi connectivity index (χ0v) is 13.7. The first-order valence-electron chi connectivity index (χ1n) is 7.82. The van der Waals surface area contributed by atoms with Gasteiger partial charge in [0.15, 0.2) is 18.1 Å². The Labute approximate surface area is 132 Å². The van der Waals surface area contributed by atoms with Gasteiger partial charge in [0, 0.05) is 19.1 Å². The maximum absolute atomic E-state index is 12.3. The summed E-state index contributed by atoms with van der Waals surface area (Å²) in [6, 6.07) is 5.79. The fourth-order valence-electron chi connectivity index (χ4n) is 2.79. The third kappa shape index (κ3) is 4.13. The van der Waals surface area contributed by atoms with Crippen molar-refractivity contribution in [3.05, 3.63) is 23.8 Å². The lowest BCUT2D eigenvalue weighted by atomic mass is 9.92. The molecule has 5 heteroatoms. The lowest BCUT2D eigenvalue weighted by Gasteiger charge is -2.34. The van der Waals surface area contributed by atoms with Gasteiger partial charge < -0.3 is 20.1 Å². The number of carbonyl (C=O) groups excluding carboxylic acids is 1. The average Bonchev–Trinajstić information content (AvgIpc) is 2.53. The summed E-state index contributed by atoms with van der Waals surface area (Å²) in [5.41, 5.74) is 7.05. The second-order valence-electron chi connectivity index (χ2n) is 6.04. The Morgan fingerprint density at radius 1 is 1.45 bits per heavy atom. The number of aryl methyl sites for hydroxylation is 1. The van der Waals surface area contributed by atoms with Gasteiger partial charge >= 0.3 is 0 Å². The van der Waals surface area contributed by atoms with Crippen molar-refractivity contribution in [3.8, 4) is 11.5 Å². The van der Waals surface area contributed by atoms with Gasteiger partial charge in [-0.2, -0.15) is 0 Å². The molecule has 2 N–H and O–H groups in total.